The van der Waals surface area contributed by atoms with E-state index in [4.69, 9.17) is 5.48 Å². The third-order valence-electron chi connectivity index (χ3n) is 5.77. The second-order valence-electron chi connectivity index (χ2n) is 7.92. The zero-order valence-corrected chi connectivity index (χ0v) is 16.1. The van der Waals surface area contributed by atoms with E-state index >= 15 is 0 Å². The number of benzene rings is 2. The summed E-state index contributed by atoms with van der Waals surface area (Å²) in [6.07, 6.45) is 1.78. The number of fused-ring (bicyclic) bond motifs is 3. The summed E-state index contributed by atoms with van der Waals surface area (Å²) in [4.78, 5) is 0. The molecular formula is C25H28N+. The number of aromatic nitrogens is 1. The molecule has 1 unspecified atom stereocenters. The quantitative estimate of drug-likeness (QED) is 0.507. The van der Waals surface area contributed by atoms with E-state index < -0.39 is 12.7 Å². The van der Waals surface area contributed by atoms with Crippen molar-refractivity contribution in [3.05, 3.63) is 77.0 Å². The average molecular weight is 347 g/mol. The van der Waals surface area contributed by atoms with Gasteiger partial charge in [-0.2, -0.15) is 0 Å². The van der Waals surface area contributed by atoms with Crippen LogP contribution in [0.15, 0.2) is 54.7 Å². The van der Waals surface area contributed by atoms with Gasteiger partial charge in [-0.25, -0.2) is 4.57 Å². The van der Waals surface area contributed by atoms with E-state index in [0.29, 0.717) is 5.56 Å². The fourth-order valence-corrected chi connectivity index (χ4v) is 4.24. The number of nitrogens with zero attached hydrogens (tertiary/aromatic N) is 1. The zero-order valence-electron chi connectivity index (χ0n) is 20.1. The SMILES string of the molecule is [2H]C([2H])([2H])C([2H])(C)c1ccc(-c2cc3c(cc2C)C(C)(C)c2ccccc2-3)[n+](C)c1. The molecule has 0 N–H and O–H groups in total. The molecule has 1 aliphatic carbocycles. The Morgan fingerprint density at radius 2 is 1.77 bits per heavy atom. The van der Waals surface area contributed by atoms with E-state index in [9.17, 15) is 0 Å². The first-order chi connectivity index (χ1) is 13.9. The third kappa shape index (κ3) is 2.41. The summed E-state index contributed by atoms with van der Waals surface area (Å²) in [6.45, 7) is 5.74. The van der Waals surface area contributed by atoms with Gasteiger partial charge in [-0.15, -0.1) is 0 Å². The average Bonchev–Trinajstić information content (AvgIpc) is 2.88. The lowest BCUT2D eigenvalue weighted by atomic mass is 9.81. The summed E-state index contributed by atoms with van der Waals surface area (Å²) >= 11 is 0. The van der Waals surface area contributed by atoms with Gasteiger partial charge >= 0.3 is 0 Å². The lowest BCUT2D eigenvalue weighted by molar-refractivity contribution is -0.660. The topological polar surface area (TPSA) is 3.88 Å². The molecule has 0 spiro atoms. The first-order valence-electron chi connectivity index (χ1n) is 11.1. The second-order valence-corrected chi connectivity index (χ2v) is 7.92. The van der Waals surface area contributed by atoms with Crippen LogP contribution in [0.25, 0.3) is 22.4 Å². The Hall–Kier alpha value is -2.41. The highest BCUT2D eigenvalue weighted by Crippen LogP contribution is 2.50. The number of hydrogen-bond acceptors (Lipinski definition) is 0. The van der Waals surface area contributed by atoms with Gasteiger partial charge in [0, 0.05) is 28.1 Å². The number of hydrogen-bond donors (Lipinski definition) is 0. The van der Waals surface area contributed by atoms with Crippen LogP contribution in [-0.4, -0.2) is 0 Å². The zero-order chi connectivity index (χ0) is 22.1. The Balaban J connectivity index is 1.87. The Morgan fingerprint density at radius 3 is 2.50 bits per heavy atom. The van der Waals surface area contributed by atoms with Crippen molar-refractivity contribution in [2.45, 2.75) is 45.9 Å². The molecule has 0 saturated carbocycles. The van der Waals surface area contributed by atoms with Crippen molar-refractivity contribution in [2.24, 2.45) is 7.05 Å². The second kappa shape index (κ2) is 5.81. The van der Waals surface area contributed by atoms with Crippen molar-refractivity contribution in [2.75, 3.05) is 0 Å². The third-order valence-corrected chi connectivity index (χ3v) is 5.77. The van der Waals surface area contributed by atoms with Gasteiger partial charge in [-0.1, -0.05) is 58.0 Å². The molecule has 1 nitrogen and oxygen atoms in total. The molecule has 0 bridgehead atoms. The van der Waals surface area contributed by atoms with E-state index in [2.05, 4.69) is 57.2 Å². The molecule has 0 fully saturated rings. The number of rotatable bonds is 2. The maximum Gasteiger partial charge on any atom is 0.212 e. The van der Waals surface area contributed by atoms with Gasteiger partial charge in [0.15, 0.2) is 6.20 Å². The molecule has 2 aromatic carbocycles. The van der Waals surface area contributed by atoms with Crippen LogP contribution < -0.4 is 4.57 Å². The molecule has 132 valence electrons. The number of pyridine rings is 1. The van der Waals surface area contributed by atoms with Crippen molar-refractivity contribution in [1.82, 2.24) is 0 Å². The van der Waals surface area contributed by atoms with E-state index in [1.165, 1.54) is 34.7 Å². The van der Waals surface area contributed by atoms with Gasteiger partial charge in [0.1, 0.15) is 7.05 Å². The molecule has 4 rings (SSSR count). The summed E-state index contributed by atoms with van der Waals surface area (Å²) < 4.78 is 33.5. The maximum absolute atomic E-state index is 8.38. The molecule has 3 aromatic rings. The first kappa shape index (κ1) is 12.9. The minimum atomic E-state index is -2.39. The summed E-state index contributed by atoms with van der Waals surface area (Å²) in [5.74, 6) is -1.65. The van der Waals surface area contributed by atoms with Gasteiger partial charge in [0.05, 0.1) is 0 Å². The Labute approximate surface area is 163 Å². The van der Waals surface area contributed by atoms with E-state index in [1.54, 1.807) is 12.3 Å². The summed E-state index contributed by atoms with van der Waals surface area (Å²) in [6, 6.07) is 16.8. The van der Waals surface area contributed by atoms with Crippen LogP contribution in [0.3, 0.4) is 0 Å². The molecule has 1 heterocycles. The van der Waals surface area contributed by atoms with Crippen molar-refractivity contribution < 1.29 is 10.1 Å². The van der Waals surface area contributed by atoms with Gasteiger partial charge in [-0.3, -0.25) is 0 Å². The standard InChI is InChI=1S/C25H28N/c1-16(2)18-11-12-24(26(6)15-18)20-14-21-19-9-7-8-10-22(19)25(4,5)23(21)13-17(20)3/h7-16H,1-6H3/q+1/i1D3,16D. The van der Waals surface area contributed by atoms with Crippen LogP contribution in [-0.2, 0) is 12.5 Å². The highest BCUT2D eigenvalue weighted by atomic mass is 14.9. The van der Waals surface area contributed by atoms with Crippen molar-refractivity contribution in [1.29, 1.82) is 0 Å². The Bertz CT molecular complexity index is 1160. The summed E-state index contributed by atoms with van der Waals surface area (Å²) in [5, 5.41) is 0. The van der Waals surface area contributed by atoms with E-state index in [0.717, 1.165) is 11.3 Å². The van der Waals surface area contributed by atoms with Crippen molar-refractivity contribution in [3.8, 4) is 22.4 Å². The minimum Gasteiger partial charge on any atom is -0.201 e. The fraction of sp³-hybridized carbons (Fsp3) is 0.320. The summed E-state index contributed by atoms with van der Waals surface area (Å²) in [7, 11) is 1.92. The highest BCUT2D eigenvalue weighted by Gasteiger charge is 2.36. The maximum atomic E-state index is 8.38. The monoisotopic (exact) mass is 346 g/mol. The predicted molar refractivity (Wildman–Crippen MR) is 109 cm³/mol. The molecule has 1 aromatic heterocycles. The molecule has 26 heavy (non-hydrogen) atoms. The van der Waals surface area contributed by atoms with E-state index in [1.807, 2.05) is 17.7 Å². The highest BCUT2D eigenvalue weighted by molar-refractivity contribution is 5.84. The van der Waals surface area contributed by atoms with Crippen molar-refractivity contribution in [3.63, 3.8) is 0 Å². The number of aryl methyl sites for hydroxylation is 2. The molecule has 1 heteroatoms. The molecular weight excluding hydrogens is 314 g/mol. The fourth-order valence-electron chi connectivity index (χ4n) is 4.24. The largest absolute Gasteiger partial charge is 0.212 e. The van der Waals surface area contributed by atoms with Crippen LogP contribution in [0.5, 0.6) is 0 Å². The van der Waals surface area contributed by atoms with Gasteiger partial charge in [0.2, 0.25) is 5.69 Å². The lowest BCUT2D eigenvalue weighted by Crippen LogP contribution is -2.31. The van der Waals surface area contributed by atoms with Gasteiger partial charge in [0.25, 0.3) is 0 Å². The van der Waals surface area contributed by atoms with Crippen LogP contribution in [0, 0.1) is 6.92 Å². The molecule has 1 atom stereocenters. The van der Waals surface area contributed by atoms with Crippen molar-refractivity contribution >= 4 is 0 Å². The molecule has 0 aliphatic heterocycles. The lowest BCUT2D eigenvalue weighted by Gasteiger charge is -2.22. The van der Waals surface area contributed by atoms with Crippen LogP contribution in [0.1, 0.15) is 61.3 Å². The van der Waals surface area contributed by atoms with Gasteiger partial charge < -0.3 is 0 Å². The predicted octanol–water partition coefficient (Wildman–Crippen LogP) is 5.92. The van der Waals surface area contributed by atoms with Gasteiger partial charge in [-0.05, 0) is 52.8 Å². The molecule has 0 amide bonds. The first-order valence-corrected chi connectivity index (χ1v) is 9.11. The van der Waals surface area contributed by atoms with E-state index in [-0.39, 0.29) is 5.41 Å². The van der Waals surface area contributed by atoms with Crippen LogP contribution in [0.2, 0.25) is 0 Å². The van der Waals surface area contributed by atoms with Crippen LogP contribution >= 0.6 is 0 Å². The molecule has 0 radical (unpaired) electrons. The Kier molecular flexibility index (Phi) is 2.87. The normalized spacial score (nSPS) is 19.4. The summed E-state index contributed by atoms with van der Waals surface area (Å²) in [5.41, 5.74) is 8.98. The molecule has 0 saturated heterocycles. The minimum absolute atomic E-state index is 0.0337. The smallest absolute Gasteiger partial charge is 0.201 e. The molecule has 1 aliphatic rings. The Morgan fingerprint density at radius 1 is 1.00 bits per heavy atom. The van der Waals surface area contributed by atoms with Crippen LogP contribution in [0.4, 0.5) is 0 Å².